The Balaban J connectivity index is 1.99. The van der Waals surface area contributed by atoms with Crippen molar-refractivity contribution in [1.82, 2.24) is 19.8 Å². The van der Waals surface area contributed by atoms with Crippen LogP contribution >= 0.6 is 22.9 Å². The number of rotatable bonds is 5. The molecule has 118 valence electrons. The highest BCUT2D eigenvalue weighted by Crippen LogP contribution is 2.24. The average molecular weight is 353 g/mol. The second kappa shape index (κ2) is 6.99. The van der Waals surface area contributed by atoms with Gasteiger partial charge in [-0.3, -0.25) is 4.79 Å². The predicted molar refractivity (Wildman–Crippen MR) is 81.1 cm³/mol. The first-order valence-corrected chi connectivity index (χ1v) is 9.70. The van der Waals surface area contributed by atoms with Crippen LogP contribution in [0.2, 0.25) is 4.47 Å². The van der Waals surface area contributed by atoms with Crippen molar-refractivity contribution in [2.75, 3.05) is 19.3 Å². The third-order valence-electron chi connectivity index (χ3n) is 3.31. The zero-order valence-corrected chi connectivity index (χ0v) is 14.0. The van der Waals surface area contributed by atoms with Gasteiger partial charge in [0.25, 0.3) is 5.91 Å². The minimum Gasteiger partial charge on any atom is -0.333 e. The lowest BCUT2D eigenvalue weighted by molar-refractivity contribution is 0.0602. The Morgan fingerprint density at radius 3 is 2.86 bits per heavy atom. The van der Waals surface area contributed by atoms with Crippen molar-refractivity contribution >= 4 is 38.9 Å². The van der Waals surface area contributed by atoms with E-state index >= 15 is 0 Å². The summed E-state index contributed by atoms with van der Waals surface area (Å²) in [5.74, 6) is -0.177. The van der Waals surface area contributed by atoms with Crippen LogP contribution in [0, 0.1) is 0 Å². The van der Waals surface area contributed by atoms with Crippen LogP contribution in [0.5, 0.6) is 0 Å². The number of hydrogen-bond acceptors (Lipinski definition) is 6. The fraction of sp³-hybridized carbons (Fsp3) is 0.727. The zero-order chi connectivity index (χ0) is 15.5. The number of hydrogen-bond donors (Lipinski definition) is 1. The molecule has 1 aromatic heterocycles. The molecule has 0 spiro atoms. The van der Waals surface area contributed by atoms with E-state index < -0.39 is 10.0 Å². The lowest BCUT2D eigenvalue weighted by Gasteiger charge is -2.35. The van der Waals surface area contributed by atoms with E-state index in [4.69, 9.17) is 11.6 Å². The summed E-state index contributed by atoms with van der Waals surface area (Å²) in [5, 5.41) is 7.71. The van der Waals surface area contributed by atoms with Crippen molar-refractivity contribution in [2.45, 2.75) is 31.7 Å². The number of amides is 1. The molecule has 2 heterocycles. The SMILES string of the molecule is CS(=O)(=O)NCCC1CCCCN1C(=O)c1nnc(Cl)s1. The molecule has 21 heavy (non-hydrogen) atoms. The second-order valence-corrected chi connectivity index (χ2v) is 8.36. The van der Waals surface area contributed by atoms with Crippen molar-refractivity contribution in [3.05, 3.63) is 9.47 Å². The Hall–Kier alpha value is -0.770. The van der Waals surface area contributed by atoms with E-state index in [9.17, 15) is 13.2 Å². The molecule has 0 radical (unpaired) electrons. The van der Waals surface area contributed by atoms with Crippen molar-refractivity contribution in [1.29, 1.82) is 0 Å². The third kappa shape index (κ3) is 4.87. The van der Waals surface area contributed by atoms with Crippen LogP contribution in [0.15, 0.2) is 0 Å². The molecule has 1 fully saturated rings. The molecule has 1 aromatic rings. The number of carbonyl (C=O) groups is 1. The summed E-state index contributed by atoms with van der Waals surface area (Å²) < 4.78 is 24.9. The summed E-state index contributed by atoms with van der Waals surface area (Å²) in [7, 11) is -3.20. The Labute approximate surface area is 132 Å². The topological polar surface area (TPSA) is 92.3 Å². The Morgan fingerprint density at radius 1 is 1.48 bits per heavy atom. The molecule has 0 saturated carbocycles. The maximum atomic E-state index is 12.4. The smallest absolute Gasteiger partial charge is 0.285 e. The highest BCUT2D eigenvalue weighted by molar-refractivity contribution is 7.88. The number of halogens is 1. The predicted octanol–water partition coefficient (Wildman–Crippen LogP) is 1.13. The first kappa shape index (κ1) is 16.6. The summed E-state index contributed by atoms with van der Waals surface area (Å²) in [6.45, 7) is 0.976. The number of aromatic nitrogens is 2. The molecule has 1 aliphatic heterocycles. The molecule has 1 N–H and O–H groups in total. The van der Waals surface area contributed by atoms with Crippen molar-refractivity contribution in [2.24, 2.45) is 0 Å². The van der Waals surface area contributed by atoms with E-state index in [1.165, 1.54) is 0 Å². The molecule has 0 bridgehead atoms. The summed E-state index contributed by atoms with van der Waals surface area (Å²) in [5.41, 5.74) is 0. The normalized spacial score (nSPS) is 19.7. The van der Waals surface area contributed by atoms with E-state index in [2.05, 4.69) is 14.9 Å². The summed E-state index contributed by atoms with van der Waals surface area (Å²) in [6.07, 6.45) is 4.55. The van der Waals surface area contributed by atoms with E-state index in [0.717, 1.165) is 36.9 Å². The summed E-state index contributed by atoms with van der Waals surface area (Å²) >= 11 is 6.77. The van der Waals surface area contributed by atoms with Gasteiger partial charge in [0.05, 0.1) is 6.26 Å². The van der Waals surface area contributed by atoms with Crippen LogP contribution < -0.4 is 4.72 Å². The van der Waals surface area contributed by atoms with Gasteiger partial charge in [-0.2, -0.15) is 0 Å². The van der Waals surface area contributed by atoms with Gasteiger partial charge in [-0.05, 0) is 37.3 Å². The van der Waals surface area contributed by atoms with Gasteiger partial charge < -0.3 is 4.90 Å². The van der Waals surface area contributed by atoms with E-state index in [0.29, 0.717) is 19.5 Å². The molecule has 10 heteroatoms. The molecule has 1 aliphatic rings. The largest absolute Gasteiger partial charge is 0.333 e. The van der Waals surface area contributed by atoms with Crippen LogP contribution in [0.4, 0.5) is 0 Å². The first-order chi connectivity index (χ1) is 9.87. The van der Waals surface area contributed by atoms with Gasteiger partial charge in [0.1, 0.15) is 0 Å². The number of carbonyl (C=O) groups excluding carboxylic acids is 1. The molecule has 1 amide bonds. The second-order valence-electron chi connectivity index (χ2n) is 4.96. The molecular formula is C11H17ClN4O3S2. The monoisotopic (exact) mass is 352 g/mol. The number of nitrogens with zero attached hydrogens (tertiary/aromatic N) is 3. The molecule has 1 saturated heterocycles. The van der Waals surface area contributed by atoms with Gasteiger partial charge in [-0.15, -0.1) is 10.2 Å². The van der Waals surface area contributed by atoms with Crippen LogP contribution in [-0.4, -0.2) is 54.8 Å². The standard InChI is InChI=1S/C11H17ClN4O3S2/c1-21(18,19)13-6-5-8-4-2-3-7-16(8)10(17)9-14-15-11(12)20-9/h8,13H,2-7H2,1H3. The van der Waals surface area contributed by atoms with Crippen LogP contribution in [0.25, 0.3) is 0 Å². The van der Waals surface area contributed by atoms with Gasteiger partial charge in [-0.25, -0.2) is 13.1 Å². The number of sulfonamides is 1. The number of piperidine rings is 1. The summed E-state index contributed by atoms with van der Waals surface area (Å²) in [4.78, 5) is 14.2. The van der Waals surface area contributed by atoms with E-state index in [1.807, 2.05) is 0 Å². The lowest BCUT2D eigenvalue weighted by Crippen LogP contribution is -2.45. The average Bonchev–Trinajstić information content (AvgIpc) is 2.84. The van der Waals surface area contributed by atoms with E-state index in [-0.39, 0.29) is 21.4 Å². The van der Waals surface area contributed by atoms with Gasteiger partial charge >= 0.3 is 0 Å². The van der Waals surface area contributed by atoms with Crippen molar-refractivity contribution < 1.29 is 13.2 Å². The first-order valence-electron chi connectivity index (χ1n) is 6.61. The third-order valence-corrected chi connectivity index (χ3v) is 5.05. The summed E-state index contributed by atoms with van der Waals surface area (Å²) in [6, 6.07) is 0.0168. The van der Waals surface area contributed by atoms with Crippen LogP contribution in [0.3, 0.4) is 0 Å². The van der Waals surface area contributed by atoms with Gasteiger partial charge in [0.2, 0.25) is 19.5 Å². The Bertz CT molecular complexity index is 604. The zero-order valence-electron chi connectivity index (χ0n) is 11.6. The molecule has 1 atom stereocenters. The van der Waals surface area contributed by atoms with E-state index in [1.54, 1.807) is 4.90 Å². The fourth-order valence-electron chi connectivity index (χ4n) is 2.39. The van der Waals surface area contributed by atoms with Crippen molar-refractivity contribution in [3.8, 4) is 0 Å². The van der Waals surface area contributed by atoms with Gasteiger partial charge in [-0.1, -0.05) is 11.3 Å². The highest BCUT2D eigenvalue weighted by Gasteiger charge is 2.29. The molecule has 0 aromatic carbocycles. The molecule has 1 unspecified atom stereocenters. The maximum Gasteiger partial charge on any atom is 0.285 e. The van der Waals surface area contributed by atoms with Crippen molar-refractivity contribution in [3.63, 3.8) is 0 Å². The molecule has 0 aliphatic carbocycles. The number of likely N-dealkylation sites (tertiary alicyclic amines) is 1. The minimum atomic E-state index is -3.20. The fourth-order valence-corrected chi connectivity index (χ4v) is 3.67. The number of nitrogens with one attached hydrogen (secondary N) is 1. The van der Waals surface area contributed by atoms with Gasteiger partial charge in [0.15, 0.2) is 0 Å². The highest BCUT2D eigenvalue weighted by atomic mass is 35.5. The lowest BCUT2D eigenvalue weighted by atomic mass is 9.99. The molecule has 7 nitrogen and oxygen atoms in total. The van der Waals surface area contributed by atoms with Gasteiger partial charge in [0, 0.05) is 19.1 Å². The van der Waals surface area contributed by atoms with Crippen LogP contribution in [-0.2, 0) is 10.0 Å². The maximum absolute atomic E-state index is 12.4. The minimum absolute atomic E-state index is 0.0168. The Morgan fingerprint density at radius 2 is 2.24 bits per heavy atom. The molecular weight excluding hydrogens is 336 g/mol. The van der Waals surface area contributed by atoms with Crippen LogP contribution in [0.1, 0.15) is 35.5 Å². The Kier molecular flexibility index (Phi) is 5.53. The quantitative estimate of drug-likeness (QED) is 0.857. The molecule has 2 rings (SSSR count).